The molecule has 0 radical (unpaired) electrons. The monoisotopic (exact) mass is 246 g/mol. The standard InChI is InChI=1S/C14H18N2O2/c1-10-12(14(15)17)6-4-7-13(10)16-9-11-5-2-3-8-18-11/h3-4,6-8,11,16H,2,5,9H2,1H3,(H2,15,17). The molecule has 3 N–H and O–H groups in total. The topological polar surface area (TPSA) is 64.3 Å². The van der Waals surface area contributed by atoms with E-state index in [4.69, 9.17) is 10.5 Å². The van der Waals surface area contributed by atoms with Gasteiger partial charge in [0.15, 0.2) is 0 Å². The van der Waals surface area contributed by atoms with Gasteiger partial charge in [-0.25, -0.2) is 0 Å². The fraction of sp³-hybridized carbons (Fsp3) is 0.357. The second-order valence-corrected chi connectivity index (χ2v) is 4.43. The minimum atomic E-state index is -0.395. The minimum Gasteiger partial charge on any atom is -0.497 e. The maximum Gasteiger partial charge on any atom is 0.249 e. The molecule has 0 bridgehead atoms. The molecule has 1 aromatic carbocycles. The zero-order chi connectivity index (χ0) is 13.0. The van der Waals surface area contributed by atoms with Gasteiger partial charge in [-0.1, -0.05) is 6.07 Å². The summed E-state index contributed by atoms with van der Waals surface area (Å²) in [7, 11) is 0. The van der Waals surface area contributed by atoms with E-state index in [1.54, 1.807) is 12.3 Å². The Bertz CT molecular complexity index is 469. The highest BCUT2D eigenvalue weighted by molar-refractivity contribution is 5.95. The van der Waals surface area contributed by atoms with Crippen molar-refractivity contribution in [2.24, 2.45) is 5.73 Å². The molecule has 18 heavy (non-hydrogen) atoms. The predicted molar refractivity (Wildman–Crippen MR) is 71.4 cm³/mol. The third-order valence-electron chi connectivity index (χ3n) is 3.14. The van der Waals surface area contributed by atoms with Crippen LogP contribution < -0.4 is 11.1 Å². The van der Waals surface area contributed by atoms with Gasteiger partial charge in [-0.2, -0.15) is 0 Å². The number of primary amides is 1. The molecule has 1 aliphatic rings. The lowest BCUT2D eigenvalue weighted by atomic mass is 10.1. The molecule has 1 heterocycles. The Balaban J connectivity index is 2.03. The number of allylic oxidation sites excluding steroid dienone is 1. The van der Waals surface area contributed by atoms with Crippen LogP contribution >= 0.6 is 0 Å². The Kier molecular flexibility index (Phi) is 3.87. The highest BCUT2D eigenvalue weighted by Crippen LogP contribution is 2.19. The Hall–Kier alpha value is -1.97. The van der Waals surface area contributed by atoms with Crippen LogP contribution in [0.1, 0.15) is 28.8 Å². The molecule has 1 atom stereocenters. The average molecular weight is 246 g/mol. The number of carbonyl (C=O) groups excluding carboxylic acids is 1. The van der Waals surface area contributed by atoms with E-state index >= 15 is 0 Å². The summed E-state index contributed by atoms with van der Waals surface area (Å²) in [6.07, 6.45) is 6.02. The summed E-state index contributed by atoms with van der Waals surface area (Å²) in [4.78, 5) is 11.2. The fourth-order valence-electron chi connectivity index (χ4n) is 2.05. The number of benzene rings is 1. The van der Waals surface area contributed by atoms with Crippen molar-refractivity contribution in [3.05, 3.63) is 41.7 Å². The summed E-state index contributed by atoms with van der Waals surface area (Å²) in [6, 6.07) is 5.51. The first-order chi connectivity index (χ1) is 8.68. The van der Waals surface area contributed by atoms with Crippen molar-refractivity contribution in [1.82, 2.24) is 0 Å². The summed E-state index contributed by atoms with van der Waals surface area (Å²) in [5.74, 6) is -0.395. The zero-order valence-electron chi connectivity index (χ0n) is 10.5. The summed E-state index contributed by atoms with van der Waals surface area (Å²) < 4.78 is 5.48. The summed E-state index contributed by atoms with van der Waals surface area (Å²) in [6.45, 7) is 2.62. The molecule has 0 fully saturated rings. The molecule has 0 aromatic heterocycles. The molecule has 0 saturated carbocycles. The number of anilines is 1. The van der Waals surface area contributed by atoms with Crippen molar-refractivity contribution in [3.63, 3.8) is 0 Å². The summed E-state index contributed by atoms with van der Waals surface area (Å²) in [5.41, 5.74) is 7.70. The van der Waals surface area contributed by atoms with E-state index in [1.807, 2.05) is 25.1 Å². The lowest BCUT2D eigenvalue weighted by Crippen LogP contribution is -2.23. The van der Waals surface area contributed by atoms with Crippen LogP contribution in [0.4, 0.5) is 5.69 Å². The van der Waals surface area contributed by atoms with Gasteiger partial charge in [-0.3, -0.25) is 4.79 Å². The van der Waals surface area contributed by atoms with Crippen molar-refractivity contribution in [1.29, 1.82) is 0 Å². The molecule has 4 heteroatoms. The quantitative estimate of drug-likeness (QED) is 0.856. The van der Waals surface area contributed by atoms with Crippen LogP contribution in [0.5, 0.6) is 0 Å². The third kappa shape index (κ3) is 2.83. The van der Waals surface area contributed by atoms with Crippen molar-refractivity contribution in [2.45, 2.75) is 25.9 Å². The second-order valence-electron chi connectivity index (χ2n) is 4.43. The molecule has 1 aromatic rings. The lowest BCUT2D eigenvalue weighted by molar-refractivity contribution is 0.1000. The van der Waals surface area contributed by atoms with E-state index in [0.29, 0.717) is 5.56 Å². The van der Waals surface area contributed by atoms with Gasteiger partial charge in [0.05, 0.1) is 12.8 Å². The number of carbonyl (C=O) groups is 1. The minimum absolute atomic E-state index is 0.187. The van der Waals surface area contributed by atoms with Gasteiger partial charge in [-0.05, 0) is 43.5 Å². The van der Waals surface area contributed by atoms with Gasteiger partial charge in [-0.15, -0.1) is 0 Å². The Labute approximate surface area is 107 Å². The van der Waals surface area contributed by atoms with Crippen LogP contribution in [0.2, 0.25) is 0 Å². The molecule has 1 amide bonds. The molecule has 1 aliphatic heterocycles. The third-order valence-corrected chi connectivity index (χ3v) is 3.14. The lowest BCUT2D eigenvalue weighted by Gasteiger charge is -2.21. The molecule has 0 aliphatic carbocycles. The van der Waals surface area contributed by atoms with Crippen LogP contribution in [-0.2, 0) is 4.74 Å². The number of rotatable bonds is 4. The largest absolute Gasteiger partial charge is 0.497 e. The van der Waals surface area contributed by atoms with Crippen LogP contribution in [0.25, 0.3) is 0 Å². The Morgan fingerprint density at radius 3 is 3.06 bits per heavy atom. The van der Waals surface area contributed by atoms with Gasteiger partial charge >= 0.3 is 0 Å². The predicted octanol–water partition coefficient (Wildman–Crippen LogP) is 2.20. The van der Waals surface area contributed by atoms with Crippen LogP contribution in [0.15, 0.2) is 30.5 Å². The van der Waals surface area contributed by atoms with Gasteiger partial charge < -0.3 is 15.8 Å². The number of nitrogens with two attached hydrogens (primary N) is 1. The van der Waals surface area contributed by atoms with Gasteiger partial charge in [0.1, 0.15) is 6.10 Å². The van der Waals surface area contributed by atoms with E-state index in [9.17, 15) is 4.79 Å². The first-order valence-corrected chi connectivity index (χ1v) is 6.12. The summed E-state index contributed by atoms with van der Waals surface area (Å²) >= 11 is 0. The Morgan fingerprint density at radius 1 is 1.56 bits per heavy atom. The molecule has 96 valence electrons. The number of hydrogen-bond acceptors (Lipinski definition) is 3. The number of ether oxygens (including phenoxy) is 1. The molecule has 0 saturated heterocycles. The second kappa shape index (κ2) is 5.58. The molecule has 4 nitrogen and oxygen atoms in total. The maximum atomic E-state index is 11.2. The van der Waals surface area contributed by atoms with E-state index < -0.39 is 5.91 Å². The molecular formula is C14H18N2O2. The zero-order valence-corrected chi connectivity index (χ0v) is 10.5. The Morgan fingerprint density at radius 2 is 2.39 bits per heavy atom. The number of nitrogens with one attached hydrogen (secondary N) is 1. The van der Waals surface area contributed by atoms with Crippen molar-refractivity contribution >= 4 is 11.6 Å². The maximum absolute atomic E-state index is 11.2. The van der Waals surface area contributed by atoms with E-state index in [0.717, 1.165) is 30.6 Å². The van der Waals surface area contributed by atoms with Crippen molar-refractivity contribution < 1.29 is 9.53 Å². The molecule has 0 spiro atoms. The normalized spacial score (nSPS) is 18.2. The van der Waals surface area contributed by atoms with Crippen molar-refractivity contribution in [2.75, 3.05) is 11.9 Å². The first-order valence-electron chi connectivity index (χ1n) is 6.12. The number of hydrogen-bond donors (Lipinski definition) is 2. The van der Waals surface area contributed by atoms with Crippen LogP contribution in [-0.4, -0.2) is 18.6 Å². The molecule has 1 unspecified atom stereocenters. The van der Waals surface area contributed by atoms with Gasteiger partial charge in [0.25, 0.3) is 0 Å². The first kappa shape index (κ1) is 12.5. The smallest absolute Gasteiger partial charge is 0.249 e. The van der Waals surface area contributed by atoms with E-state index in [1.165, 1.54) is 0 Å². The SMILES string of the molecule is Cc1c(NCC2CCC=CO2)cccc1C(N)=O. The van der Waals surface area contributed by atoms with E-state index in [-0.39, 0.29) is 6.10 Å². The average Bonchev–Trinajstić information content (AvgIpc) is 2.38. The highest BCUT2D eigenvalue weighted by atomic mass is 16.5. The number of amides is 1. The molecular weight excluding hydrogens is 228 g/mol. The van der Waals surface area contributed by atoms with Crippen molar-refractivity contribution in [3.8, 4) is 0 Å². The van der Waals surface area contributed by atoms with Crippen LogP contribution in [0.3, 0.4) is 0 Å². The van der Waals surface area contributed by atoms with Crippen LogP contribution in [0, 0.1) is 6.92 Å². The molecule has 2 rings (SSSR count). The van der Waals surface area contributed by atoms with E-state index in [2.05, 4.69) is 5.32 Å². The summed E-state index contributed by atoms with van der Waals surface area (Å²) in [5, 5.41) is 3.31. The van der Waals surface area contributed by atoms with Gasteiger partial charge in [0.2, 0.25) is 5.91 Å². The highest BCUT2D eigenvalue weighted by Gasteiger charge is 2.12. The van der Waals surface area contributed by atoms with Gasteiger partial charge in [0, 0.05) is 11.3 Å². The fourth-order valence-corrected chi connectivity index (χ4v) is 2.05.